The van der Waals surface area contributed by atoms with E-state index in [1.54, 1.807) is 20.8 Å². The molecule has 0 aliphatic rings. The van der Waals surface area contributed by atoms with Gasteiger partial charge in [0.15, 0.2) is 0 Å². The maximum atomic E-state index is 11.6. The van der Waals surface area contributed by atoms with Crippen LogP contribution in [0.1, 0.15) is 29.1 Å². The van der Waals surface area contributed by atoms with Crippen molar-refractivity contribution in [3.63, 3.8) is 0 Å². The largest absolute Gasteiger partial charge is 0.477 e. The quantitative estimate of drug-likeness (QED) is 0.513. The number of carbonyl (C=O) groups is 2. The van der Waals surface area contributed by atoms with Gasteiger partial charge in [0.2, 0.25) is 0 Å². The summed E-state index contributed by atoms with van der Waals surface area (Å²) in [5.74, 6) is -1.18. The fourth-order valence-electron chi connectivity index (χ4n) is 1.78. The minimum Gasteiger partial charge on any atom is -0.477 e. The van der Waals surface area contributed by atoms with Crippen LogP contribution < -0.4 is 0 Å². The topological polar surface area (TPSA) is 89.4 Å². The van der Waals surface area contributed by atoms with Crippen molar-refractivity contribution in [3.05, 3.63) is 16.8 Å². The van der Waals surface area contributed by atoms with E-state index in [0.29, 0.717) is 20.8 Å². The van der Waals surface area contributed by atoms with Gasteiger partial charge in [0.1, 0.15) is 21.1 Å². The van der Waals surface area contributed by atoms with Crippen LogP contribution in [0.5, 0.6) is 0 Å². The molecular formula is C13H14N2O4S2. The van der Waals surface area contributed by atoms with Crippen molar-refractivity contribution in [2.24, 2.45) is 0 Å². The molecular weight excluding hydrogens is 312 g/mol. The highest BCUT2D eigenvalue weighted by Gasteiger charge is 2.19. The van der Waals surface area contributed by atoms with E-state index in [4.69, 9.17) is 9.84 Å². The SMILES string of the molecule is Cc1c(C(=O)O)sc2ncnc(SCC(=O)OC(C)C)c12. The summed E-state index contributed by atoms with van der Waals surface area (Å²) >= 11 is 2.34. The summed E-state index contributed by atoms with van der Waals surface area (Å²) < 4.78 is 5.06. The summed E-state index contributed by atoms with van der Waals surface area (Å²) in [4.78, 5) is 31.9. The van der Waals surface area contributed by atoms with Gasteiger partial charge in [-0.15, -0.1) is 11.3 Å². The van der Waals surface area contributed by atoms with E-state index in [0.717, 1.165) is 11.3 Å². The molecule has 2 aromatic rings. The van der Waals surface area contributed by atoms with Crippen LogP contribution in [0.4, 0.5) is 0 Å². The number of aromatic nitrogens is 2. The van der Waals surface area contributed by atoms with Crippen molar-refractivity contribution < 1.29 is 19.4 Å². The first-order chi connectivity index (χ1) is 9.90. The minimum atomic E-state index is -0.981. The van der Waals surface area contributed by atoms with E-state index in [1.807, 2.05) is 0 Å². The zero-order valence-electron chi connectivity index (χ0n) is 11.7. The lowest BCUT2D eigenvalue weighted by molar-refractivity contribution is -0.144. The van der Waals surface area contributed by atoms with Gasteiger partial charge in [-0.3, -0.25) is 4.79 Å². The average Bonchev–Trinajstić information content (AvgIpc) is 2.74. The highest BCUT2D eigenvalue weighted by Crippen LogP contribution is 2.34. The van der Waals surface area contributed by atoms with Crippen LogP contribution in [-0.2, 0) is 9.53 Å². The van der Waals surface area contributed by atoms with Crippen molar-refractivity contribution in [1.29, 1.82) is 0 Å². The number of carbonyl (C=O) groups excluding carboxylic acids is 1. The number of aryl methyl sites for hydroxylation is 1. The van der Waals surface area contributed by atoms with Gasteiger partial charge in [-0.2, -0.15) is 0 Å². The third kappa shape index (κ3) is 3.51. The molecule has 0 atom stereocenters. The molecule has 8 heteroatoms. The van der Waals surface area contributed by atoms with E-state index >= 15 is 0 Å². The second-order valence-electron chi connectivity index (χ2n) is 4.55. The third-order valence-corrected chi connectivity index (χ3v) is 4.73. The smallest absolute Gasteiger partial charge is 0.346 e. The molecule has 0 saturated heterocycles. The maximum Gasteiger partial charge on any atom is 0.346 e. The third-order valence-electron chi connectivity index (χ3n) is 2.58. The zero-order valence-corrected chi connectivity index (χ0v) is 13.4. The summed E-state index contributed by atoms with van der Waals surface area (Å²) in [5, 5.41) is 10.5. The molecule has 0 bridgehead atoms. The van der Waals surface area contributed by atoms with Crippen molar-refractivity contribution in [3.8, 4) is 0 Å². The lowest BCUT2D eigenvalue weighted by Crippen LogP contribution is -2.13. The molecule has 2 rings (SSSR count). The van der Waals surface area contributed by atoms with E-state index < -0.39 is 5.97 Å². The van der Waals surface area contributed by atoms with Gasteiger partial charge in [-0.25, -0.2) is 14.8 Å². The molecule has 0 aromatic carbocycles. The Kier molecular flexibility index (Phi) is 4.79. The minimum absolute atomic E-state index is 0.127. The van der Waals surface area contributed by atoms with Gasteiger partial charge in [0.05, 0.1) is 11.9 Å². The molecule has 0 aliphatic carbocycles. The number of aromatic carboxylic acids is 1. The highest BCUT2D eigenvalue weighted by atomic mass is 32.2. The molecule has 112 valence electrons. The number of ether oxygens (including phenoxy) is 1. The lowest BCUT2D eigenvalue weighted by Gasteiger charge is -2.07. The summed E-state index contributed by atoms with van der Waals surface area (Å²) in [7, 11) is 0. The van der Waals surface area contributed by atoms with Crippen LogP contribution in [-0.4, -0.2) is 38.9 Å². The second kappa shape index (κ2) is 6.40. The number of fused-ring (bicyclic) bond motifs is 1. The first kappa shape index (κ1) is 15.7. The van der Waals surface area contributed by atoms with Gasteiger partial charge >= 0.3 is 11.9 Å². The molecule has 6 nitrogen and oxygen atoms in total. The predicted octanol–water partition coefficient (Wildman–Crippen LogP) is 2.74. The number of carboxylic acids is 1. The van der Waals surface area contributed by atoms with Crippen molar-refractivity contribution in [1.82, 2.24) is 9.97 Å². The van der Waals surface area contributed by atoms with E-state index in [9.17, 15) is 9.59 Å². The lowest BCUT2D eigenvalue weighted by atomic mass is 10.2. The first-order valence-electron chi connectivity index (χ1n) is 6.19. The number of carboxylic acid groups (broad SMARTS) is 1. The standard InChI is InChI=1S/C13H14N2O4S2/c1-6(2)19-8(16)4-20-11-9-7(3)10(13(17)18)21-12(9)15-5-14-11/h5-6H,4H2,1-3H3,(H,17,18). The molecule has 0 aliphatic heterocycles. The number of hydrogen-bond donors (Lipinski definition) is 1. The van der Waals surface area contributed by atoms with Crippen LogP contribution in [0.25, 0.3) is 10.2 Å². The fourth-order valence-corrected chi connectivity index (χ4v) is 3.67. The van der Waals surface area contributed by atoms with E-state index in [-0.39, 0.29) is 22.7 Å². The number of hydrogen-bond acceptors (Lipinski definition) is 7. The fraction of sp³-hybridized carbons (Fsp3) is 0.385. The molecule has 1 N–H and O–H groups in total. The van der Waals surface area contributed by atoms with Gasteiger partial charge in [0, 0.05) is 5.39 Å². The Balaban J connectivity index is 2.28. The van der Waals surface area contributed by atoms with Crippen molar-refractivity contribution >= 4 is 45.3 Å². The molecule has 0 fully saturated rings. The number of nitrogens with zero attached hydrogens (tertiary/aromatic N) is 2. The van der Waals surface area contributed by atoms with Crippen LogP contribution in [0.15, 0.2) is 11.4 Å². The molecule has 0 saturated carbocycles. The molecule has 2 heterocycles. The molecule has 0 radical (unpaired) electrons. The Morgan fingerprint density at radius 2 is 2.14 bits per heavy atom. The molecule has 0 unspecified atom stereocenters. The first-order valence-corrected chi connectivity index (χ1v) is 8.00. The molecule has 2 aromatic heterocycles. The van der Waals surface area contributed by atoms with Gasteiger partial charge in [-0.05, 0) is 26.3 Å². The number of thiophene rings is 1. The van der Waals surface area contributed by atoms with Crippen LogP contribution >= 0.6 is 23.1 Å². The summed E-state index contributed by atoms with van der Waals surface area (Å²) in [6.45, 7) is 5.30. The van der Waals surface area contributed by atoms with Crippen LogP contribution in [0.3, 0.4) is 0 Å². The number of thioether (sulfide) groups is 1. The zero-order chi connectivity index (χ0) is 15.6. The highest BCUT2D eigenvalue weighted by molar-refractivity contribution is 8.00. The Morgan fingerprint density at radius 1 is 1.43 bits per heavy atom. The van der Waals surface area contributed by atoms with Crippen LogP contribution in [0, 0.1) is 6.92 Å². The summed E-state index contributed by atoms with van der Waals surface area (Å²) in [6, 6.07) is 0. The molecule has 0 spiro atoms. The molecule has 0 amide bonds. The summed E-state index contributed by atoms with van der Waals surface area (Å²) in [5.41, 5.74) is 0.628. The summed E-state index contributed by atoms with van der Waals surface area (Å²) in [6.07, 6.45) is 1.21. The Morgan fingerprint density at radius 3 is 2.76 bits per heavy atom. The number of esters is 1. The maximum absolute atomic E-state index is 11.6. The monoisotopic (exact) mass is 326 g/mol. The van der Waals surface area contributed by atoms with Crippen LogP contribution in [0.2, 0.25) is 0 Å². The second-order valence-corrected chi connectivity index (χ2v) is 6.51. The Bertz CT molecular complexity index is 697. The Labute approximate surface area is 129 Å². The van der Waals surface area contributed by atoms with Gasteiger partial charge in [-0.1, -0.05) is 11.8 Å². The van der Waals surface area contributed by atoms with Crippen molar-refractivity contribution in [2.75, 3.05) is 5.75 Å². The van der Waals surface area contributed by atoms with E-state index in [1.165, 1.54) is 18.1 Å². The number of rotatable bonds is 5. The van der Waals surface area contributed by atoms with Gasteiger partial charge in [0.25, 0.3) is 0 Å². The normalized spacial score (nSPS) is 11.0. The van der Waals surface area contributed by atoms with Crippen molar-refractivity contribution in [2.45, 2.75) is 31.9 Å². The predicted molar refractivity (Wildman–Crippen MR) is 81.1 cm³/mol. The molecule has 21 heavy (non-hydrogen) atoms. The Hall–Kier alpha value is -1.67. The average molecular weight is 326 g/mol. The van der Waals surface area contributed by atoms with Gasteiger partial charge < -0.3 is 9.84 Å². The van der Waals surface area contributed by atoms with E-state index in [2.05, 4.69) is 9.97 Å².